The van der Waals surface area contributed by atoms with Crippen LogP contribution in [-0.4, -0.2) is 26.0 Å². The van der Waals surface area contributed by atoms with Crippen molar-refractivity contribution in [2.75, 3.05) is 14.2 Å². The van der Waals surface area contributed by atoms with Gasteiger partial charge < -0.3 is 9.47 Å². The number of benzene rings is 1. The van der Waals surface area contributed by atoms with E-state index in [1.807, 2.05) is 0 Å². The molecule has 1 atom stereocenters. The van der Waals surface area contributed by atoms with Crippen molar-refractivity contribution in [3.8, 4) is 5.75 Å². The van der Waals surface area contributed by atoms with Gasteiger partial charge in [0.25, 0.3) is 0 Å². The summed E-state index contributed by atoms with van der Waals surface area (Å²) in [6.07, 6.45) is 0.0898. The Hall–Kier alpha value is -1.84. The summed E-state index contributed by atoms with van der Waals surface area (Å²) in [4.78, 5) is 23.1. The molecule has 0 heterocycles. The van der Waals surface area contributed by atoms with Gasteiger partial charge in [-0.3, -0.25) is 9.59 Å². The van der Waals surface area contributed by atoms with Crippen LogP contribution in [0.5, 0.6) is 5.75 Å². The second kappa shape index (κ2) is 6.03. The minimum absolute atomic E-state index is 0.0886. The number of methoxy groups -OCH3 is 2. The molecule has 0 spiro atoms. The highest BCUT2D eigenvalue weighted by molar-refractivity contribution is 5.99. The lowest BCUT2D eigenvalue weighted by Gasteiger charge is -2.09. The summed E-state index contributed by atoms with van der Waals surface area (Å²) >= 11 is 0. The van der Waals surface area contributed by atoms with Gasteiger partial charge in [0.1, 0.15) is 5.75 Å². The second-order valence-electron chi connectivity index (χ2n) is 3.78. The number of ether oxygens (including phenoxy) is 2. The quantitative estimate of drug-likeness (QED) is 0.580. The van der Waals surface area contributed by atoms with Gasteiger partial charge in [0.05, 0.1) is 20.6 Å². The fourth-order valence-electron chi connectivity index (χ4n) is 1.49. The maximum absolute atomic E-state index is 12.0. The molecule has 0 aromatic heterocycles. The first-order chi connectivity index (χ1) is 8.08. The molecule has 1 rings (SSSR count). The summed E-state index contributed by atoms with van der Waals surface area (Å²) in [5.74, 6) is -0.237. The normalized spacial score (nSPS) is 11.7. The van der Waals surface area contributed by atoms with Crippen LogP contribution in [0.4, 0.5) is 0 Å². The zero-order valence-corrected chi connectivity index (χ0v) is 10.2. The molecule has 0 bridgehead atoms. The average molecular weight is 236 g/mol. The van der Waals surface area contributed by atoms with Crippen LogP contribution in [0.25, 0.3) is 0 Å². The topological polar surface area (TPSA) is 52.6 Å². The molecule has 1 aromatic carbocycles. The Labute approximate surface area is 101 Å². The number of carbonyl (C=O) groups is 2. The number of ketones is 1. The van der Waals surface area contributed by atoms with Crippen LogP contribution in [0.3, 0.4) is 0 Å². The van der Waals surface area contributed by atoms with Gasteiger partial charge in [-0.05, 0) is 12.1 Å². The lowest BCUT2D eigenvalue weighted by molar-refractivity contribution is -0.141. The van der Waals surface area contributed by atoms with E-state index in [0.717, 1.165) is 0 Å². The van der Waals surface area contributed by atoms with E-state index in [1.54, 1.807) is 38.3 Å². The molecular formula is C13H16O4. The molecule has 0 aliphatic rings. The van der Waals surface area contributed by atoms with E-state index >= 15 is 0 Å². The Morgan fingerprint density at radius 1 is 1.29 bits per heavy atom. The van der Waals surface area contributed by atoms with E-state index in [1.165, 1.54) is 7.11 Å². The number of hydrogen-bond acceptors (Lipinski definition) is 4. The minimum Gasteiger partial charge on any atom is -0.497 e. The van der Waals surface area contributed by atoms with Crippen molar-refractivity contribution >= 4 is 11.8 Å². The van der Waals surface area contributed by atoms with Gasteiger partial charge >= 0.3 is 5.97 Å². The van der Waals surface area contributed by atoms with Crippen LogP contribution >= 0.6 is 0 Å². The van der Waals surface area contributed by atoms with Crippen LogP contribution in [0.2, 0.25) is 0 Å². The van der Waals surface area contributed by atoms with Crippen molar-refractivity contribution in [3.05, 3.63) is 29.8 Å². The summed E-state index contributed by atoms with van der Waals surface area (Å²) < 4.78 is 9.58. The molecule has 4 nitrogen and oxygen atoms in total. The molecule has 0 N–H and O–H groups in total. The van der Waals surface area contributed by atoms with E-state index in [9.17, 15) is 9.59 Å². The Morgan fingerprint density at radius 2 is 2.00 bits per heavy atom. The maximum Gasteiger partial charge on any atom is 0.306 e. The predicted octanol–water partition coefficient (Wildman–Crippen LogP) is 2.08. The second-order valence-corrected chi connectivity index (χ2v) is 3.78. The molecule has 0 saturated heterocycles. The molecule has 0 aliphatic carbocycles. The van der Waals surface area contributed by atoms with Gasteiger partial charge in [-0.2, -0.15) is 0 Å². The molecule has 17 heavy (non-hydrogen) atoms. The number of carbonyl (C=O) groups excluding carboxylic acids is 2. The van der Waals surface area contributed by atoms with Gasteiger partial charge in [0, 0.05) is 11.5 Å². The van der Waals surface area contributed by atoms with Gasteiger partial charge in [0.15, 0.2) is 5.78 Å². The van der Waals surface area contributed by atoms with Crippen LogP contribution in [0.1, 0.15) is 23.7 Å². The number of Topliss-reactive ketones (excluding diaryl/α,β-unsaturated/α-hetero) is 1. The van der Waals surface area contributed by atoms with Crippen LogP contribution in [-0.2, 0) is 9.53 Å². The van der Waals surface area contributed by atoms with Crippen molar-refractivity contribution in [2.24, 2.45) is 5.92 Å². The number of esters is 1. The summed E-state index contributed by atoms with van der Waals surface area (Å²) in [7, 11) is 2.85. The van der Waals surface area contributed by atoms with Crippen LogP contribution in [0, 0.1) is 5.92 Å². The third kappa shape index (κ3) is 3.59. The standard InChI is InChI=1S/C13H16O4/c1-9(7-12(14)17-3)13(15)10-5-4-6-11(8-10)16-2/h4-6,8-9H,7H2,1-3H3. The fraction of sp³-hybridized carbons (Fsp3) is 0.385. The van der Waals surface area contributed by atoms with Crippen molar-refractivity contribution in [1.29, 1.82) is 0 Å². The Bertz CT molecular complexity index is 412. The van der Waals surface area contributed by atoms with Crippen molar-refractivity contribution < 1.29 is 19.1 Å². The smallest absolute Gasteiger partial charge is 0.306 e. The zero-order valence-electron chi connectivity index (χ0n) is 10.2. The van der Waals surface area contributed by atoms with E-state index in [0.29, 0.717) is 11.3 Å². The van der Waals surface area contributed by atoms with Crippen LogP contribution in [0.15, 0.2) is 24.3 Å². The summed E-state index contributed by atoms with van der Waals surface area (Å²) in [6.45, 7) is 1.71. The van der Waals surface area contributed by atoms with Crippen molar-refractivity contribution in [2.45, 2.75) is 13.3 Å². The number of hydrogen-bond donors (Lipinski definition) is 0. The largest absolute Gasteiger partial charge is 0.497 e. The first-order valence-electron chi connectivity index (χ1n) is 5.33. The van der Waals surface area contributed by atoms with Gasteiger partial charge in [-0.25, -0.2) is 0 Å². The Balaban J connectivity index is 2.77. The van der Waals surface area contributed by atoms with Gasteiger partial charge in [-0.15, -0.1) is 0 Å². The molecule has 1 aromatic rings. The molecule has 0 radical (unpaired) electrons. The van der Waals surface area contributed by atoms with E-state index in [-0.39, 0.29) is 18.2 Å². The minimum atomic E-state index is -0.394. The number of rotatable bonds is 5. The first kappa shape index (κ1) is 13.2. The summed E-state index contributed by atoms with van der Waals surface area (Å²) in [6, 6.07) is 6.88. The molecular weight excluding hydrogens is 220 g/mol. The predicted molar refractivity (Wildman–Crippen MR) is 63.1 cm³/mol. The van der Waals surface area contributed by atoms with Crippen molar-refractivity contribution in [3.63, 3.8) is 0 Å². The molecule has 1 unspecified atom stereocenters. The van der Waals surface area contributed by atoms with E-state index in [2.05, 4.69) is 4.74 Å². The van der Waals surface area contributed by atoms with Gasteiger partial charge in [-0.1, -0.05) is 19.1 Å². The molecule has 0 saturated carbocycles. The van der Waals surface area contributed by atoms with E-state index < -0.39 is 5.92 Å². The van der Waals surface area contributed by atoms with Gasteiger partial charge in [0.2, 0.25) is 0 Å². The molecule has 4 heteroatoms. The Kier molecular flexibility index (Phi) is 4.69. The first-order valence-corrected chi connectivity index (χ1v) is 5.33. The van der Waals surface area contributed by atoms with Crippen LogP contribution < -0.4 is 4.74 Å². The fourth-order valence-corrected chi connectivity index (χ4v) is 1.49. The third-order valence-corrected chi connectivity index (χ3v) is 2.50. The maximum atomic E-state index is 12.0. The lowest BCUT2D eigenvalue weighted by Crippen LogP contribution is -2.16. The molecule has 92 valence electrons. The summed E-state index contributed by atoms with van der Waals surface area (Å²) in [5.41, 5.74) is 0.542. The third-order valence-electron chi connectivity index (χ3n) is 2.50. The Morgan fingerprint density at radius 3 is 2.59 bits per heavy atom. The average Bonchev–Trinajstić information content (AvgIpc) is 2.37. The SMILES string of the molecule is COC(=O)CC(C)C(=O)c1cccc(OC)c1. The lowest BCUT2D eigenvalue weighted by atomic mass is 9.96. The summed E-state index contributed by atoms with van der Waals surface area (Å²) in [5, 5.41) is 0. The van der Waals surface area contributed by atoms with E-state index in [4.69, 9.17) is 4.74 Å². The zero-order chi connectivity index (χ0) is 12.8. The highest BCUT2D eigenvalue weighted by Crippen LogP contribution is 2.17. The molecule has 0 amide bonds. The molecule has 0 fully saturated rings. The van der Waals surface area contributed by atoms with Crippen molar-refractivity contribution in [1.82, 2.24) is 0 Å². The highest BCUT2D eigenvalue weighted by atomic mass is 16.5. The monoisotopic (exact) mass is 236 g/mol. The molecule has 0 aliphatic heterocycles. The highest BCUT2D eigenvalue weighted by Gasteiger charge is 2.19.